The zero-order chi connectivity index (χ0) is 24.1. The van der Waals surface area contributed by atoms with Crippen LogP contribution in [0.25, 0.3) is 5.69 Å². The predicted octanol–water partition coefficient (Wildman–Crippen LogP) is 1.93. The number of allylic oxidation sites excluding steroid dienone is 2. The van der Waals surface area contributed by atoms with E-state index in [1.165, 1.54) is 4.57 Å². The molecule has 2 aromatic rings. The molecular weight excluding hydrogens is 458 g/mol. The molecule has 6 fully saturated rings. The lowest BCUT2D eigenvalue weighted by atomic mass is 9.32. The second kappa shape index (κ2) is 5.16. The van der Waals surface area contributed by atoms with E-state index in [1.807, 2.05) is 24.3 Å². The molecule has 36 heavy (non-hydrogen) atoms. The Hall–Kier alpha value is -2.71. The van der Waals surface area contributed by atoms with Gasteiger partial charge in [-0.15, -0.1) is 0 Å². The Balaban J connectivity index is 1.30. The van der Waals surface area contributed by atoms with Crippen molar-refractivity contribution in [3.05, 3.63) is 63.5 Å². The normalized spacial score (nSPS) is 49.7. The van der Waals surface area contributed by atoms with Gasteiger partial charge in [0.25, 0.3) is 0 Å². The summed E-state index contributed by atoms with van der Waals surface area (Å²) < 4.78 is 18.4. The van der Waals surface area contributed by atoms with Crippen LogP contribution in [0.5, 0.6) is 0 Å². The summed E-state index contributed by atoms with van der Waals surface area (Å²) in [6, 6.07) is 8.18. The number of ether oxygens (including phenoxy) is 2. The van der Waals surface area contributed by atoms with Gasteiger partial charge in [0, 0.05) is 17.3 Å². The van der Waals surface area contributed by atoms with Crippen LogP contribution in [0.3, 0.4) is 0 Å². The van der Waals surface area contributed by atoms with Crippen molar-refractivity contribution in [1.82, 2.24) is 13.9 Å². The molecule has 3 aliphatic heterocycles. The van der Waals surface area contributed by atoms with Gasteiger partial charge in [0.1, 0.15) is 5.78 Å². The average Bonchev–Trinajstić information content (AvgIpc) is 3.50. The molecule has 8 nitrogen and oxygen atoms in total. The maximum Gasteiger partial charge on any atom is 0.352 e. The van der Waals surface area contributed by atoms with E-state index in [9.17, 15) is 14.4 Å². The summed E-state index contributed by atoms with van der Waals surface area (Å²) in [5.41, 5.74) is -1.62. The third-order valence-electron chi connectivity index (χ3n) is 11.9. The maximum atomic E-state index is 14.5. The fourth-order valence-corrected chi connectivity index (χ4v) is 11.6. The molecule has 0 unspecified atom stereocenters. The van der Waals surface area contributed by atoms with Crippen molar-refractivity contribution in [3.63, 3.8) is 0 Å². The molecule has 1 aromatic heterocycles. The molecule has 8 heteroatoms. The molecule has 0 radical (unpaired) electrons. The summed E-state index contributed by atoms with van der Waals surface area (Å²) in [4.78, 5) is 42.5. The van der Waals surface area contributed by atoms with Crippen LogP contribution in [0.15, 0.2) is 52.1 Å². The van der Waals surface area contributed by atoms with Gasteiger partial charge in [-0.3, -0.25) is 4.79 Å². The Bertz CT molecular complexity index is 1590. The summed E-state index contributed by atoms with van der Waals surface area (Å²) in [5, 5.41) is 0. The molecule has 4 heterocycles. The summed E-state index contributed by atoms with van der Waals surface area (Å²) in [6.07, 6.45) is 5.19. The van der Waals surface area contributed by atoms with Crippen LogP contribution in [-0.4, -0.2) is 38.7 Å². The minimum absolute atomic E-state index is 0.0482. The molecule has 5 saturated carbocycles. The van der Waals surface area contributed by atoms with E-state index >= 15 is 0 Å². The van der Waals surface area contributed by atoms with E-state index in [0.29, 0.717) is 42.4 Å². The fourth-order valence-electron chi connectivity index (χ4n) is 11.6. The molecule has 9 aliphatic rings. The SMILES string of the molecule is CC1(C)COC2(OC1)[C@@H]1[C@@H]3C[C@@H]4[C@H]1C(=O)[C@]15[C@@H]4[C@@H]3[C@]21[C@H]1C=C[C@@H]5n2c(=O)n(-c3ccccc3)c(=O)n21. The number of hydrogen-bond acceptors (Lipinski definition) is 5. The first kappa shape index (κ1) is 19.4. The number of nitrogens with zero attached hydrogens (tertiary/aromatic N) is 3. The molecule has 1 saturated heterocycles. The van der Waals surface area contributed by atoms with Gasteiger partial charge in [-0.2, -0.15) is 0 Å². The minimum Gasteiger partial charge on any atom is -0.348 e. The fraction of sp³-hybridized carbons (Fsp3) is 0.607. The molecule has 0 N–H and O–H groups in total. The standard InChI is InChI=1S/C28H27N3O5/c1-25(2)11-35-28(36-12-25)19-15-10-14-18(19)22(32)26-16-8-9-17(27(26,28)21(15)20(14)26)31-24(34)29(23(33)30(16)31)13-6-4-3-5-7-13/h3-9,14-21H,10-12H2,1-2H3/t14-,15+,16+,17-,18-,19-,20+,21-,26+,27+/m1/s1. The summed E-state index contributed by atoms with van der Waals surface area (Å²) >= 11 is 0. The van der Waals surface area contributed by atoms with Crippen LogP contribution in [0.1, 0.15) is 32.4 Å². The zero-order valence-corrected chi connectivity index (χ0v) is 20.2. The van der Waals surface area contributed by atoms with Crippen molar-refractivity contribution in [1.29, 1.82) is 0 Å². The Morgan fingerprint density at radius 1 is 0.833 bits per heavy atom. The van der Waals surface area contributed by atoms with Crippen molar-refractivity contribution in [3.8, 4) is 5.69 Å². The summed E-state index contributed by atoms with van der Waals surface area (Å²) in [6.45, 7) is 5.45. The number of hydrogen-bond donors (Lipinski definition) is 0. The number of Topliss-reactive ketones (excluding diaryl/α,β-unsaturated/α-hetero) is 1. The van der Waals surface area contributed by atoms with E-state index in [4.69, 9.17) is 9.47 Å². The van der Waals surface area contributed by atoms with Crippen LogP contribution < -0.4 is 11.4 Å². The number of carbonyl (C=O) groups is 1. The Labute approximate surface area is 206 Å². The van der Waals surface area contributed by atoms with Crippen molar-refractivity contribution in [2.45, 2.75) is 38.1 Å². The van der Waals surface area contributed by atoms with Crippen LogP contribution in [0.2, 0.25) is 0 Å². The second-order valence-corrected chi connectivity index (χ2v) is 13.4. The van der Waals surface area contributed by atoms with Crippen LogP contribution >= 0.6 is 0 Å². The second-order valence-electron chi connectivity index (χ2n) is 13.4. The number of para-hydroxylation sites is 1. The van der Waals surface area contributed by atoms with E-state index < -0.39 is 28.7 Å². The van der Waals surface area contributed by atoms with Gasteiger partial charge in [-0.25, -0.2) is 23.5 Å². The Kier molecular flexibility index (Phi) is 2.78. The minimum atomic E-state index is -0.874. The first-order chi connectivity index (χ1) is 17.3. The molecule has 4 bridgehead atoms. The Morgan fingerprint density at radius 3 is 2.22 bits per heavy atom. The van der Waals surface area contributed by atoms with Crippen LogP contribution in [0.4, 0.5) is 0 Å². The predicted molar refractivity (Wildman–Crippen MR) is 125 cm³/mol. The third-order valence-corrected chi connectivity index (χ3v) is 11.9. The van der Waals surface area contributed by atoms with Gasteiger partial charge in [-0.1, -0.05) is 44.2 Å². The largest absolute Gasteiger partial charge is 0.352 e. The quantitative estimate of drug-likeness (QED) is 0.577. The molecule has 3 spiro atoms. The van der Waals surface area contributed by atoms with Crippen LogP contribution in [-0.2, 0) is 14.3 Å². The molecule has 10 atom stereocenters. The topological polar surface area (TPSA) is 84.5 Å². The molecule has 0 amide bonds. The molecular formula is C28H27N3O5. The highest BCUT2D eigenvalue weighted by molar-refractivity contribution is 5.98. The number of ketones is 1. The maximum absolute atomic E-state index is 14.5. The highest BCUT2D eigenvalue weighted by Gasteiger charge is 3.04. The summed E-state index contributed by atoms with van der Waals surface area (Å²) in [5.74, 6) is 0.754. The van der Waals surface area contributed by atoms with Gasteiger partial charge in [-0.05, 0) is 42.2 Å². The number of rotatable bonds is 1. The van der Waals surface area contributed by atoms with Crippen molar-refractivity contribution >= 4 is 5.78 Å². The molecule has 1 aromatic carbocycles. The number of benzene rings is 1. The average molecular weight is 486 g/mol. The lowest BCUT2D eigenvalue weighted by molar-refractivity contribution is -0.422. The molecule has 11 rings (SSSR count). The van der Waals surface area contributed by atoms with Gasteiger partial charge in [0.05, 0.1) is 41.8 Å². The first-order valence-corrected chi connectivity index (χ1v) is 13.3. The highest BCUT2D eigenvalue weighted by Crippen LogP contribution is 2.98. The monoisotopic (exact) mass is 485 g/mol. The van der Waals surface area contributed by atoms with Crippen molar-refractivity contribution in [2.75, 3.05) is 13.2 Å². The number of aromatic nitrogens is 3. The Morgan fingerprint density at radius 2 is 1.50 bits per heavy atom. The lowest BCUT2D eigenvalue weighted by Gasteiger charge is -2.76. The first-order valence-electron chi connectivity index (χ1n) is 13.3. The van der Waals surface area contributed by atoms with Crippen molar-refractivity contribution < 1.29 is 14.3 Å². The van der Waals surface area contributed by atoms with Gasteiger partial charge >= 0.3 is 11.4 Å². The van der Waals surface area contributed by atoms with Gasteiger partial charge < -0.3 is 9.47 Å². The number of carbonyl (C=O) groups excluding carboxylic acids is 1. The highest BCUT2D eigenvalue weighted by atomic mass is 16.7. The molecule has 6 aliphatic carbocycles. The summed E-state index contributed by atoms with van der Waals surface area (Å²) in [7, 11) is 0. The lowest BCUT2D eigenvalue weighted by Crippen LogP contribution is -2.83. The van der Waals surface area contributed by atoms with E-state index in [1.54, 1.807) is 21.5 Å². The van der Waals surface area contributed by atoms with E-state index in [0.717, 1.165) is 6.42 Å². The number of fused-ring (bicyclic) bond motifs is 2. The van der Waals surface area contributed by atoms with Crippen molar-refractivity contribution in [2.24, 2.45) is 51.8 Å². The van der Waals surface area contributed by atoms with Gasteiger partial charge in [0.2, 0.25) is 0 Å². The van der Waals surface area contributed by atoms with Gasteiger partial charge in [0.15, 0.2) is 5.79 Å². The van der Waals surface area contributed by atoms with E-state index in [-0.39, 0.29) is 34.5 Å². The zero-order valence-electron chi connectivity index (χ0n) is 20.2. The smallest absolute Gasteiger partial charge is 0.348 e. The van der Waals surface area contributed by atoms with Crippen LogP contribution in [0, 0.1) is 51.8 Å². The third kappa shape index (κ3) is 1.42. The molecule has 184 valence electrons. The van der Waals surface area contributed by atoms with E-state index in [2.05, 4.69) is 19.9 Å².